The van der Waals surface area contributed by atoms with Crippen LogP contribution in [0.2, 0.25) is 0 Å². The zero-order valence-electron chi connectivity index (χ0n) is 40.7. The summed E-state index contributed by atoms with van der Waals surface area (Å²) < 4.78 is 60.6. The van der Waals surface area contributed by atoms with Crippen LogP contribution >= 0.6 is 0 Å². The summed E-state index contributed by atoms with van der Waals surface area (Å²) in [4.78, 5) is 19.8. The molecule has 0 bridgehead atoms. The Balaban J connectivity index is 0.963. The molecule has 0 amide bonds. The summed E-state index contributed by atoms with van der Waals surface area (Å²) in [5, 5.41) is 5.08. The number of likely N-dealkylation sites (tertiary alicyclic amines) is 2. The highest BCUT2D eigenvalue weighted by Gasteiger charge is 2.36. The summed E-state index contributed by atoms with van der Waals surface area (Å²) >= 11 is 0. The number of hydrazine groups is 1. The molecule has 3 aromatic carbocycles. The van der Waals surface area contributed by atoms with Gasteiger partial charge in [0.05, 0.1) is 75.5 Å². The van der Waals surface area contributed by atoms with Gasteiger partial charge in [-0.2, -0.15) is 8.78 Å². The van der Waals surface area contributed by atoms with Gasteiger partial charge >= 0.3 is 6.61 Å². The first-order valence-electron chi connectivity index (χ1n) is 25.1. The predicted octanol–water partition coefficient (Wildman–Crippen LogP) is 8.68. The molecule has 4 aliphatic rings. The Bertz CT molecular complexity index is 2360. The van der Waals surface area contributed by atoms with Crippen molar-refractivity contribution in [2.24, 2.45) is 0 Å². The van der Waals surface area contributed by atoms with Crippen LogP contribution in [0.4, 0.5) is 31.8 Å². The van der Waals surface area contributed by atoms with Gasteiger partial charge in [-0.05, 0) is 105 Å². The zero-order valence-corrected chi connectivity index (χ0v) is 40.7. The van der Waals surface area contributed by atoms with Crippen molar-refractivity contribution in [1.29, 1.82) is 0 Å². The van der Waals surface area contributed by atoms with Crippen molar-refractivity contribution in [1.82, 2.24) is 19.8 Å². The largest absolute Gasteiger partial charge is 0.490 e. The van der Waals surface area contributed by atoms with E-state index >= 15 is 0 Å². The molecule has 0 unspecified atom stereocenters. The number of hydrogen-bond donors (Lipinski definition) is 0. The number of ether oxygens (including phenoxy) is 6. The number of nitrogens with zero attached hydrogens (tertiary/aromatic N) is 8. The molecule has 2 aromatic heterocycles. The molecule has 16 heteroatoms. The minimum atomic E-state index is -2.92. The van der Waals surface area contributed by atoms with Gasteiger partial charge in [0.25, 0.3) is 0 Å². The molecule has 0 N–H and O–H groups in total. The molecule has 0 saturated carbocycles. The number of pyridine rings is 2. The van der Waals surface area contributed by atoms with Crippen LogP contribution in [-0.2, 0) is 29.2 Å². The average Bonchev–Trinajstić information content (AvgIpc) is 3.40. The van der Waals surface area contributed by atoms with Gasteiger partial charge in [0, 0.05) is 65.4 Å². The molecular weight excluding hydrogens is 895 g/mol. The van der Waals surface area contributed by atoms with E-state index in [2.05, 4.69) is 90.5 Å². The van der Waals surface area contributed by atoms with Gasteiger partial charge < -0.3 is 38.2 Å². The van der Waals surface area contributed by atoms with E-state index in [1.165, 1.54) is 5.56 Å². The Labute approximate surface area is 411 Å². The van der Waals surface area contributed by atoms with Crippen molar-refractivity contribution in [3.8, 4) is 23.0 Å². The maximum absolute atomic E-state index is 13.2. The average molecular weight is 963 g/mol. The van der Waals surface area contributed by atoms with Crippen molar-refractivity contribution in [3.05, 3.63) is 120 Å². The normalized spacial score (nSPS) is 17.7. The third kappa shape index (κ3) is 12.7. The quantitative estimate of drug-likeness (QED) is 0.0696. The van der Waals surface area contributed by atoms with Crippen molar-refractivity contribution < 1.29 is 37.2 Å². The second-order valence-corrected chi connectivity index (χ2v) is 18.2. The van der Waals surface area contributed by atoms with Gasteiger partial charge in [-0.15, -0.1) is 0 Å². The van der Waals surface area contributed by atoms with E-state index in [0.29, 0.717) is 58.5 Å². The van der Waals surface area contributed by atoms with E-state index in [9.17, 15) is 8.78 Å². The van der Waals surface area contributed by atoms with Crippen LogP contribution in [0.5, 0.6) is 23.0 Å². The number of morpholine rings is 2. The van der Waals surface area contributed by atoms with Crippen LogP contribution in [0.3, 0.4) is 0 Å². The molecule has 0 atom stereocenters. The maximum Gasteiger partial charge on any atom is 0.387 e. The summed E-state index contributed by atoms with van der Waals surface area (Å²) in [6.07, 6.45) is 7.81. The molecule has 4 aliphatic heterocycles. The summed E-state index contributed by atoms with van der Waals surface area (Å²) in [6.45, 7) is 13.3. The van der Waals surface area contributed by atoms with Crippen LogP contribution in [0.1, 0.15) is 56.2 Å². The summed E-state index contributed by atoms with van der Waals surface area (Å²) in [7, 11) is 0. The predicted molar refractivity (Wildman–Crippen MR) is 269 cm³/mol. The third-order valence-corrected chi connectivity index (χ3v) is 13.6. The Kier molecular flexibility index (Phi) is 17.0. The fraction of sp³-hybridized carbons (Fsp3) is 0.481. The summed E-state index contributed by atoms with van der Waals surface area (Å²) in [6, 6.07) is 31.0. The fourth-order valence-electron chi connectivity index (χ4n) is 10.1. The smallest absolute Gasteiger partial charge is 0.387 e. The van der Waals surface area contributed by atoms with Gasteiger partial charge in [-0.25, -0.2) is 9.97 Å². The first-order chi connectivity index (χ1) is 34.4. The standard InChI is InChI=1S/C54H68F2N8O6/c1-3-67-50-34-42(10-14-48(50)69-40-41-8-6-5-7-9-41)38-59-22-18-44(19-23-59)63(46-12-16-52(57-36-46)61-26-30-65-31-27-61)64(47-13-17-53(58-37-47)62-28-32-66-33-29-62)45-20-24-60(25-21-45)39-43-11-15-49(70-54(55)56)51(35-43)68-4-2/h5-17,34-37,44-45,54H,3-4,18-33,38-40H2,1-2H3. The zero-order chi connectivity index (χ0) is 48.1. The van der Waals surface area contributed by atoms with Crippen LogP contribution < -0.4 is 38.8 Å². The number of halogens is 2. The number of rotatable bonds is 20. The lowest BCUT2D eigenvalue weighted by atomic mass is 10.00. The first-order valence-corrected chi connectivity index (χ1v) is 25.1. The molecule has 6 heterocycles. The maximum atomic E-state index is 13.2. The van der Waals surface area contributed by atoms with E-state index < -0.39 is 6.61 Å². The third-order valence-electron chi connectivity index (χ3n) is 13.6. The van der Waals surface area contributed by atoms with E-state index in [0.717, 1.165) is 130 Å². The lowest BCUT2D eigenvalue weighted by Crippen LogP contribution is -2.59. The highest BCUT2D eigenvalue weighted by atomic mass is 19.3. The molecule has 5 aromatic rings. The molecule has 0 aliphatic carbocycles. The molecule has 70 heavy (non-hydrogen) atoms. The topological polar surface area (TPSA) is 101 Å². The highest BCUT2D eigenvalue weighted by molar-refractivity contribution is 5.61. The molecule has 4 saturated heterocycles. The number of benzene rings is 3. The van der Waals surface area contributed by atoms with Crippen LogP contribution in [0, 0.1) is 0 Å². The number of alkyl halides is 2. The monoisotopic (exact) mass is 963 g/mol. The molecule has 0 radical (unpaired) electrons. The summed E-state index contributed by atoms with van der Waals surface area (Å²) in [5.74, 6) is 3.83. The van der Waals surface area contributed by atoms with E-state index in [1.54, 1.807) is 6.07 Å². The second-order valence-electron chi connectivity index (χ2n) is 18.2. The Morgan fingerprint density at radius 2 is 1.01 bits per heavy atom. The van der Waals surface area contributed by atoms with Crippen LogP contribution in [-0.4, -0.2) is 130 Å². The Morgan fingerprint density at radius 1 is 0.543 bits per heavy atom. The van der Waals surface area contributed by atoms with Crippen LogP contribution in [0.15, 0.2) is 103 Å². The molecule has 0 spiro atoms. The SMILES string of the molecule is CCOc1cc(CN2CCC(N(c3ccc(N4CCOCC4)nc3)N(c3ccc(N4CCOCC4)nc3)C3CCN(Cc4ccc(OC(F)F)c(OCC)c4)CC3)CC2)ccc1OCc1ccccc1. The first kappa shape index (κ1) is 49.1. The number of anilines is 4. The molecule has 14 nitrogen and oxygen atoms in total. The molecule has 374 valence electrons. The van der Waals surface area contributed by atoms with Crippen molar-refractivity contribution >= 4 is 23.0 Å². The molecular formula is C54H68F2N8O6. The van der Waals surface area contributed by atoms with Crippen molar-refractivity contribution in [2.45, 2.75) is 77.9 Å². The van der Waals surface area contributed by atoms with Gasteiger partial charge in [0.15, 0.2) is 23.0 Å². The van der Waals surface area contributed by atoms with Gasteiger partial charge in [0.1, 0.15) is 18.2 Å². The summed E-state index contributed by atoms with van der Waals surface area (Å²) in [5.41, 5.74) is 5.40. The second kappa shape index (κ2) is 24.3. The Hall–Kier alpha value is -5.94. The van der Waals surface area contributed by atoms with Gasteiger partial charge in [-0.3, -0.25) is 19.8 Å². The fourth-order valence-corrected chi connectivity index (χ4v) is 10.1. The number of hydrogen-bond acceptors (Lipinski definition) is 14. The van der Waals surface area contributed by atoms with E-state index in [1.807, 2.05) is 50.2 Å². The minimum absolute atomic E-state index is 0.0521. The number of aromatic nitrogens is 2. The van der Waals surface area contributed by atoms with Crippen molar-refractivity contribution in [3.63, 3.8) is 0 Å². The van der Waals surface area contributed by atoms with Gasteiger partial charge in [-0.1, -0.05) is 42.5 Å². The van der Waals surface area contributed by atoms with E-state index in [-0.39, 0.29) is 17.8 Å². The van der Waals surface area contributed by atoms with Crippen LogP contribution in [0.25, 0.3) is 0 Å². The highest BCUT2D eigenvalue weighted by Crippen LogP contribution is 2.37. The minimum Gasteiger partial charge on any atom is -0.490 e. The number of piperidine rings is 2. The Morgan fingerprint density at radius 3 is 1.46 bits per heavy atom. The molecule has 9 rings (SSSR count). The lowest BCUT2D eigenvalue weighted by Gasteiger charge is -2.50. The lowest BCUT2D eigenvalue weighted by molar-refractivity contribution is -0.0514. The van der Waals surface area contributed by atoms with Crippen molar-refractivity contribution in [2.75, 3.05) is 112 Å². The molecule has 4 fully saturated rings. The van der Waals surface area contributed by atoms with E-state index in [4.69, 9.17) is 38.4 Å². The van der Waals surface area contributed by atoms with Gasteiger partial charge in [0.2, 0.25) is 0 Å².